The molecule has 0 spiro atoms. The Kier molecular flexibility index (Phi) is 9.39. The minimum absolute atomic E-state index is 0.460. The van der Waals surface area contributed by atoms with E-state index in [9.17, 15) is 4.39 Å². The lowest BCUT2D eigenvalue weighted by Gasteiger charge is -2.16. The number of fused-ring (bicyclic) bond motifs is 3. The zero-order chi connectivity index (χ0) is 42.3. The summed E-state index contributed by atoms with van der Waals surface area (Å²) in [5.74, 6) is 1.33. The smallest absolute Gasteiger partial charge is 0.164 e. The molecule has 0 saturated heterocycles. The number of hydrogen-bond donors (Lipinski definition) is 0. The van der Waals surface area contributed by atoms with E-state index in [1.54, 1.807) is 6.07 Å². The molecule has 3 aromatic heterocycles. The minimum atomic E-state index is -0.936. The molecule has 0 atom stereocenters. The lowest BCUT2D eigenvalue weighted by molar-refractivity contribution is 0.509. The van der Waals surface area contributed by atoms with E-state index >= 15 is 4.39 Å². The lowest BCUT2D eigenvalue weighted by Crippen LogP contribution is -2.02. The number of hydrogen-bond acceptors (Lipinski definition) is 6. The molecule has 11 aromatic rings. The van der Waals surface area contributed by atoms with Gasteiger partial charge < -0.3 is 4.57 Å². The maximum Gasteiger partial charge on any atom is 0.164 e. The summed E-state index contributed by atoms with van der Waals surface area (Å²) in [5.41, 5.74) is 8.67. The highest BCUT2D eigenvalue weighted by Gasteiger charge is 2.21. The minimum Gasteiger partial charge on any atom is -0.309 e. The second-order valence-electron chi connectivity index (χ2n) is 15.0. The molecule has 0 aliphatic heterocycles. The van der Waals surface area contributed by atoms with Crippen LogP contribution in [0.15, 0.2) is 200 Å². The Bertz CT molecular complexity index is 3350. The quantitative estimate of drug-likeness (QED) is 0.152. The molecule has 0 amide bonds. The molecular weight excluding hydrogens is 785 g/mol. The third-order valence-corrected chi connectivity index (χ3v) is 11.1. The molecule has 0 unspecified atom stereocenters. The van der Waals surface area contributed by atoms with Crippen LogP contribution in [0.1, 0.15) is 0 Å². The summed E-state index contributed by atoms with van der Waals surface area (Å²) < 4.78 is 31.7. The maximum atomic E-state index is 15.1. The Morgan fingerprint density at radius 1 is 0.286 bits per heavy atom. The molecule has 7 nitrogen and oxygen atoms in total. The fourth-order valence-electron chi connectivity index (χ4n) is 8.01. The molecule has 3 heterocycles. The SMILES string of the molecule is Fc1ccc(-c2ccc(-c3nc(-c4ccccc4)nc(-c4ccccc4)n3)cc2-n2c3ccccc3c3cc(-c4nc(-c5ccccc5)nc(-c5ccccc5)n4)ccc32)cc1F. The third-order valence-electron chi connectivity index (χ3n) is 11.1. The van der Waals surface area contributed by atoms with Gasteiger partial charge in [-0.25, -0.2) is 38.7 Å². The van der Waals surface area contributed by atoms with Gasteiger partial charge in [-0.2, -0.15) is 0 Å². The fourth-order valence-corrected chi connectivity index (χ4v) is 8.01. The Labute approximate surface area is 360 Å². The van der Waals surface area contributed by atoms with Gasteiger partial charge in [-0.15, -0.1) is 0 Å². The van der Waals surface area contributed by atoms with Crippen LogP contribution in [0.2, 0.25) is 0 Å². The van der Waals surface area contributed by atoms with E-state index in [4.69, 9.17) is 29.9 Å². The van der Waals surface area contributed by atoms with E-state index < -0.39 is 11.6 Å². The van der Waals surface area contributed by atoms with E-state index in [0.29, 0.717) is 51.6 Å². The molecule has 0 saturated carbocycles. The number of benzene rings is 8. The van der Waals surface area contributed by atoms with Crippen LogP contribution in [0.5, 0.6) is 0 Å². The Balaban J connectivity index is 1.14. The van der Waals surface area contributed by atoms with Crippen LogP contribution in [-0.2, 0) is 0 Å². The summed E-state index contributed by atoms with van der Waals surface area (Å²) in [6, 6.07) is 63.6. The average molecular weight is 818 g/mol. The molecule has 0 radical (unpaired) electrons. The molecule has 9 heteroatoms. The number of halogens is 2. The van der Waals surface area contributed by atoms with Gasteiger partial charge in [0.2, 0.25) is 0 Å². The van der Waals surface area contributed by atoms with E-state index in [2.05, 4.69) is 28.8 Å². The molecule has 0 bridgehead atoms. The Morgan fingerprint density at radius 3 is 1.17 bits per heavy atom. The van der Waals surface area contributed by atoms with Gasteiger partial charge >= 0.3 is 0 Å². The van der Waals surface area contributed by atoms with Crippen LogP contribution < -0.4 is 0 Å². The maximum absolute atomic E-state index is 15.1. The monoisotopic (exact) mass is 817 g/mol. The van der Waals surface area contributed by atoms with Gasteiger partial charge in [0.05, 0.1) is 16.7 Å². The van der Waals surface area contributed by atoms with Crippen molar-refractivity contribution >= 4 is 21.8 Å². The van der Waals surface area contributed by atoms with Gasteiger partial charge in [0, 0.05) is 49.7 Å². The second-order valence-corrected chi connectivity index (χ2v) is 15.0. The van der Waals surface area contributed by atoms with Crippen molar-refractivity contribution in [2.24, 2.45) is 0 Å². The molecule has 298 valence electrons. The molecule has 0 fully saturated rings. The molecule has 63 heavy (non-hydrogen) atoms. The van der Waals surface area contributed by atoms with Crippen LogP contribution in [0.4, 0.5) is 8.78 Å². The fraction of sp³-hybridized carbons (Fsp3) is 0. The van der Waals surface area contributed by atoms with Crippen molar-refractivity contribution in [2.75, 3.05) is 0 Å². The highest BCUT2D eigenvalue weighted by atomic mass is 19.2. The molecule has 0 N–H and O–H groups in total. The highest BCUT2D eigenvalue weighted by Crippen LogP contribution is 2.40. The normalized spacial score (nSPS) is 11.3. The number of nitrogens with zero attached hydrogens (tertiary/aromatic N) is 7. The van der Waals surface area contributed by atoms with Crippen LogP contribution in [-0.4, -0.2) is 34.5 Å². The predicted octanol–water partition coefficient (Wildman–Crippen LogP) is 13.1. The van der Waals surface area contributed by atoms with Crippen molar-refractivity contribution in [3.8, 4) is 85.1 Å². The Hall–Kier alpha value is -8.56. The van der Waals surface area contributed by atoms with Crippen LogP contribution in [0.25, 0.3) is 107 Å². The Morgan fingerprint density at radius 2 is 0.683 bits per heavy atom. The van der Waals surface area contributed by atoms with Crippen molar-refractivity contribution in [1.29, 1.82) is 0 Å². The van der Waals surface area contributed by atoms with Crippen molar-refractivity contribution in [3.63, 3.8) is 0 Å². The summed E-state index contributed by atoms with van der Waals surface area (Å²) >= 11 is 0. The topological polar surface area (TPSA) is 82.3 Å². The van der Waals surface area contributed by atoms with Crippen LogP contribution in [0, 0.1) is 11.6 Å². The number of para-hydroxylation sites is 1. The zero-order valence-electron chi connectivity index (χ0n) is 33.4. The first-order valence-electron chi connectivity index (χ1n) is 20.4. The molecule has 8 aromatic carbocycles. The predicted molar refractivity (Wildman–Crippen MR) is 246 cm³/mol. The largest absolute Gasteiger partial charge is 0.309 e. The molecular formula is C54H33F2N7. The van der Waals surface area contributed by atoms with Gasteiger partial charge in [0.25, 0.3) is 0 Å². The highest BCUT2D eigenvalue weighted by molar-refractivity contribution is 6.11. The van der Waals surface area contributed by atoms with Gasteiger partial charge in [-0.3, -0.25) is 0 Å². The van der Waals surface area contributed by atoms with E-state index in [-0.39, 0.29) is 0 Å². The van der Waals surface area contributed by atoms with Crippen molar-refractivity contribution in [2.45, 2.75) is 0 Å². The first-order chi connectivity index (χ1) is 31.0. The van der Waals surface area contributed by atoms with E-state index in [1.807, 2.05) is 158 Å². The first-order valence-corrected chi connectivity index (χ1v) is 20.4. The van der Waals surface area contributed by atoms with Gasteiger partial charge in [0.1, 0.15) is 0 Å². The molecule has 0 aliphatic rings. The van der Waals surface area contributed by atoms with Crippen LogP contribution in [0.3, 0.4) is 0 Å². The van der Waals surface area contributed by atoms with Gasteiger partial charge in [0.15, 0.2) is 46.6 Å². The van der Waals surface area contributed by atoms with E-state index in [0.717, 1.165) is 61.4 Å². The van der Waals surface area contributed by atoms with E-state index in [1.165, 1.54) is 6.07 Å². The van der Waals surface area contributed by atoms with Crippen molar-refractivity contribution in [3.05, 3.63) is 212 Å². The first kappa shape index (κ1) is 37.4. The van der Waals surface area contributed by atoms with Crippen molar-refractivity contribution < 1.29 is 8.78 Å². The molecule has 11 rings (SSSR count). The molecule has 0 aliphatic carbocycles. The number of aromatic nitrogens is 7. The van der Waals surface area contributed by atoms with Crippen LogP contribution >= 0.6 is 0 Å². The summed E-state index contributed by atoms with van der Waals surface area (Å²) in [6.45, 7) is 0. The zero-order valence-corrected chi connectivity index (χ0v) is 33.4. The lowest BCUT2D eigenvalue weighted by atomic mass is 10.00. The average Bonchev–Trinajstić information content (AvgIpc) is 3.69. The summed E-state index contributed by atoms with van der Waals surface area (Å²) in [7, 11) is 0. The summed E-state index contributed by atoms with van der Waals surface area (Å²) in [5, 5.41) is 1.93. The van der Waals surface area contributed by atoms with Crippen molar-refractivity contribution in [1.82, 2.24) is 34.5 Å². The third kappa shape index (κ3) is 7.07. The second kappa shape index (κ2) is 15.8. The summed E-state index contributed by atoms with van der Waals surface area (Å²) in [4.78, 5) is 29.8. The summed E-state index contributed by atoms with van der Waals surface area (Å²) in [6.07, 6.45) is 0. The van der Waals surface area contributed by atoms with Gasteiger partial charge in [-0.05, 0) is 48.0 Å². The standard InChI is InChI=1S/C54H33F2N7/c55-44-29-26-38(32-45(44)56)41-28-25-40(54-61-51(36-19-9-3-10-20-36)58-52(62-54)37-21-11-4-12-22-37)33-48(41)63-46-24-14-13-23-42(46)43-31-39(27-30-47(43)63)53-59-49(34-15-5-1-6-16-34)57-50(60-53)35-17-7-2-8-18-35/h1-33H. The number of rotatable bonds is 8. The van der Waals surface area contributed by atoms with Gasteiger partial charge in [-0.1, -0.05) is 158 Å².